The van der Waals surface area contributed by atoms with Crippen molar-refractivity contribution in [3.8, 4) is 39.9 Å². The van der Waals surface area contributed by atoms with E-state index < -0.39 is 34.8 Å². The van der Waals surface area contributed by atoms with E-state index in [-0.39, 0.29) is 22.4 Å². The molecular formula is C26H20O8. The number of phenolic OH excluding ortho intramolecular Hbond substituents is 4. The number of carbonyl (C=O) groups excluding carboxylic acids is 1. The van der Waals surface area contributed by atoms with Gasteiger partial charge in [0.1, 0.15) is 11.3 Å². The van der Waals surface area contributed by atoms with E-state index in [9.17, 15) is 35.1 Å². The average molecular weight is 460 g/mol. The number of aromatic carboxylic acids is 1. The molecule has 4 aromatic carbocycles. The van der Waals surface area contributed by atoms with Gasteiger partial charge in [-0.25, -0.2) is 4.79 Å². The highest BCUT2D eigenvalue weighted by Crippen LogP contribution is 2.44. The first kappa shape index (κ1) is 23.7. The molecule has 0 aliphatic rings. The smallest absolute Gasteiger partial charge is 0.339 e. The van der Waals surface area contributed by atoms with Gasteiger partial charge < -0.3 is 30.6 Å². The second kappa shape index (κ2) is 10.1. The molecule has 0 bridgehead atoms. The molecule has 8 heteroatoms. The van der Waals surface area contributed by atoms with Gasteiger partial charge in [-0.2, -0.15) is 0 Å². The first-order valence-corrected chi connectivity index (χ1v) is 9.89. The highest BCUT2D eigenvalue weighted by atomic mass is 16.4. The van der Waals surface area contributed by atoms with Gasteiger partial charge in [0.05, 0.1) is 5.56 Å². The molecule has 0 aliphatic carbocycles. The van der Waals surface area contributed by atoms with Crippen LogP contribution in [0, 0.1) is 0 Å². The predicted molar refractivity (Wildman–Crippen MR) is 123 cm³/mol. The monoisotopic (exact) mass is 460 g/mol. The summed E-state index contributed by atoms with van der Waals surface area (Å²) < 4.78 is 0. The van der Waals surface area contributed by atoms with Crippen molar-refractivity contribution in [2.24, 2.45) is 0 Å². The van der Waals surface area contributed by atoms with E-state index in [0.29, 0.717) is 0 Å². The van der Waals surface area contributed by atoms with Crippen molar-refractivity contribution in [3.63, 3.8) is 0 Å². The van der Waals surface area contributed by atoms with E-state index in [1.807, 2.05) is 30.3 Å². The van der Waals surface area contributed by atoms with Gasteiger partial charge in [0.2, 0.25) is 11.5 Å². The summed E-state index contributed by atoms with van der Waals surface area (Å²) in [6, 6.07) is 23.0. The van der Waals surface area contributed by atoms with Gasteiger partial charge in [0, 0.05) is 5.56 Å². The molecule has 6 N–H and O–H groups in total. The largest absolute Gasteiger partial charge is 0.507 e. The topological polar surface area (TPSA) is 156 Å². The van der Waals surface area contributed by atoms with Crippen LogP contribution < -0.4 is 0 Å². The molecule has 0 spiro atoms. The Morgan fingerprint density at radius 2 is 1.12 bits per heavy atom. The number of benzene rings is 4. The summed E-state index contributed by atoms with van der Waals surface area (Å²) in [6.45, 7) is 0. The van der Waals surface area contributed by atoms with Crippen molar-refractivity contribution in [1.82, 2.24) is 0 Å². The fourth-order valence-electron chi connectivity index (χ4n) is 3.08. The number of carboxylic acid groups (broad SMARTS) is 1. The minimum absolute atomic E-state index is 0.0836. The van der Waals surface area contributed by atoms with E-state index in [1.54, 1.807) is 24.3 Å². The molecule has 0 heterocycles. The number of hydrogen-bond acceptors (Lipinski definition) is 7. The minimum Gasteiger partial charge on any atom is -0.507 e. The third-order valence-corrected chi connectivity index (χ3v) is 4.84. The SMILES string of the molecule is O=C(O)c1ccc(-c2ccccc2)cc1O.O=C(c1ccccc1)c1cc(O)c(O)c(O)c1O. The van der Waals surface area contributed by atoms with E-state index in [4.69, 9.17) is 5.11 Å². The fraction of sp³-hybridized carbons (Fsp3) is 0. The molecule has 0 aliphatic heterocycles. The van der Waals surface area contributed by atoms with Crippen LogP contribution in [-0.4, -0.2) is 42.4 Å². The van der Waals surface area contributed by atoms with Crippen molar-refractivity contribution in [1.29, 1.82) is 0 Å². The Kier molecular flexibility index (Phi) is 7.03. The van der Waals surface area contributed by atoms with Crippen LogP contribution in [-0.2, 0) is 0 Å². The van der Waals surface area contributed by atoms with E-state index in [2.05, 4.69) is 0 Å². The van der Waals surface area contributed by atoms with Crippen LogP contribution in [0.15, 0.2) is 84.9 Å². The number of carboxylic acids is 1. The summed E-state index contributed by atoms with van der Waals surface area (Å²) in [6.07, 6.45) is 0. The van der Waals surface area contributed by atoms with Crippen molar-refractivity contribution in [3.05, 3.63) is 102 Å². The van der Waals surface area contributed by atoms with Crippen LogP contribution in [0.4, 0.5) is 0 Å². The van der Waals surface area contributed by atoms with Crippen LogP contribution in [0.2, 0.25) is 0 Å². The summed E-state index contributed by atoms with van der Waals surface area (Å²) in [5.41, 5.74) is 1.66. The molecule has 8 nitrogen and oxygen atoms in total. The van der Waals surface area contributed by atoms with Crippen LogP contribution in [0.25, 0.3) is 11.1 Å². The van der Waals surface area contributed by atoms with Crippen molar-refractivity contribution in [2.75, 3.05) is 0 Å². The van der Waals surface area contributed by atoms with Gasteiger partial charge in [0.15, 0.2) is 17.3 Å². The third-order valence-electron chi connectivity index (χ3n) is 4.84. The van der Waals surface area contributed by atoms with Crippen LogP contribution >= 0.6 is 0 Å². The second-order valence-electron chi connectivity index (χ2n) is 7.09. The lowest BCUT2D eigenvalue weighted by Crippen LogP contribution is -2.01. The van der Waals surface area contributed by atoms with Gasteiger partial charge in [-0.05, 0) is 29.3 Å². The Labute approximate surface area is 193 Å². The zero-order chi connectivity index (χ0) is 24.8. The molecule has 34 heavy (non-hydrogen) atoms. The third kappa shape index (κ3) is 5.08. The molecule has 4 aromatic rings. The molecule has 0 saturated heterocycles. The number of aromatic hydroxyl groups is 5. The Hall–Kier alpha value is -4.98. The number of ketones is 1. The normalized spacial score (nSPS) is 10.1. The Morgan fingerprint density at radius 1 is 0.529 bits per heavy atom. The number of rotatable bonds is 4. The lowest BCUT2D eigenvalue weighted by molar-refractivity contribution is 0.0693. The molecule has 0 saturated carbocycles. The van der Waals surface area contributed by atoms with E-state index in [0.717, 1.165) is 17.2 Å². The maximum atomic E-state index is 12.0. The van der Waals surface area contributed by atoms with Gasteiger partial charge in [-0.1, -0.05) is 66.7 Å². The second-order valence-corrected chi connectivity index (χ2v) is 7.09. The molecule has 0 radical (unpaired) electrons. The molecule has 172 valence electrons. The summed E-state index contributed by atoms with van der Waals surface area (Å²) in [4.78, 5) is 22.7. The number of carbonyl (C=O) groups is 2. The molecular weight excluding hydrogens is 440 g/mol. The maximum Gasteiger partial charge on any atom is 0.339 e. The van der Waals surface area contributed by atoms with Gasteiger partial charge in [-0.15, -0.1) is 0 Å². The number of phenols is 5. The quantitative estimate of drug-likeness (QED) is 0.148. The van der Waals surface area contributed by atoms with Crippen LogP contribution in [0.3, 0.4) is 0 Å². The summed E-state index contributed by atoms with van der Waals surface area (Å²) in [5, 5.41) is 55.8. The Bertz CT molecular complexity index is 1330. The zero-order valence-electron chi connectivity index (χ0n) is 17.6. The predicted octanol–water partition coefficient (Wildman–Crippen LogP) is 4.50. The van der Waals surface area contributed by atoms with Crippen molar-refractivity contribution in [2.45, 2.75) is 0 Å². The first-order chi connectivity index (χ1) is 16.2. The standard InChI is InChI=1S/C13H10O5.C13H10O3/c14-9-6-8(11(16)13(18)12(9)17)10(15)7-4-2-1-3-5-7;14-12-8-10(6-7-11(12)13(15)16)9-4-2-1-3-5-9/h1-6,14,16-18H;1-8,14H,(H,15,16). The molecule has 0 atom stereocenters. The molecule has 0 fully saturated rings. The zero-order valence-corrected chi connectivity index (χ0v) is 17.6. The fourth-order valence-corrected chi connectivity index (χ4v) is 3.08. The van der Waals surface area contributed by atoms with Crippen molar-refractivity contribution < 1.29 is 40.2 Å². The lowest BCUT2D eigenvalue weighted by Gasteiger charge is -2.08. The van der Waals surface area contributed by atoms with E-state index in [1.165, 1.54) is 24.3 Å². The first-order valence-electron chi connectivity index (χ1n) is 9.89. The Balaban J connectivity index is 0.000000192. The maximum absolute atomic E-state index is 12.0. The average Bonchev–Trinajstić information content (AvgIpc) is 2.85. The van der Waals surface area contributed by atoms with Crippen LogP contribution in [0.1, 0.15) is 26.3 Å². The van der Waals surface area contributed by atoms with Gasteiger partial charge in [-0.3, -0.25) is 4.79 Å². The molecule has 4 rings (SSSR count). The molecule has 0 unspecified atom stereocenters. The summed E-state index contributed by atoms with van der Waals surface area (Å²) in [5.74, 6) is -5.14. The summed E-state index contributed by atoms with van der Waals surface area (Å²) in [7, 11) is 0. The highest BCUT2D eigenvalue weighted by molar-refractivity contribution is 6.11. The lowest BCUT2D eigenvalue weighted by atomic mass is 10.0. The molecule has 0 amide bonds. The van der Waals surface area contributed by atoms with E-state index >= 15 is 0 Å². The van der Waals surface area contributed by atoms with Gasteiger partial charge in [0.25, 0.3) is 0 Å². The number of hydrogen-bond donors (Lipinski definition) is 6. The Morgan fingerprint density at radius 3 is 1.68 bits per heavy atom. The molecule has 0 aromatic heterocycles. The van der Waals surface area contributed by atoms with Crippen molar-refractivity contribution >= 4 is 11.8 Å². The summed E-state index contributed by atoms with van der Waals surface area (Å²) >= 11 is 0. The minimum atomic E-state index is -1.13. The highest BCUT2D eigenvalue weighted by Gasteiger charge is 2.21. The van der Waals surface area contributed by atoms with Gasteiger partial charge >= 0.3 is 5.97 Å². The van der Waals surface area contributed by atoms with Crippen LogP contribution in [0.5, 0.6) is 28.7 Å².